The van der Waals surface area contributed by atoms with Gasteiger partial charge in [-0.3, -0.25) is 4.79 Å². The normalized spacial score (nSPS) is 13.3. The number of anilines is 1. The van der Waals surface area contributed by atoms with Crippen LogP contribution >= 0.6 is 11.8 Å². The largest absolute Gasteiger partial charge is 0.310 e. The predicted molar refractivity (Wildman–Crippen MR) is 124 cm³/mol. The minimum atomic E-state index is -0.112. The highest BCUT2D eigenvalue weighted by Crippen LogP contribution is 2.40. The SMILES string of the molecule is Cc1cc(C)n(-c2ccc(SCC(=O)Nc3cc(C4CC4)nn3-c3ccccc3)nn2)n1. The number of aromatic nitrogens is 6. The van der Waals surface area contributed by atoms with E-state index in [-0.39, 0.29) is 11.7 Å². The molecule has 32 heavy (non-hydrogen) atoms. The van der Waals surface area contributed by atoms with E-state index in [2.05, 4.69) is 20.6 Å². The molecule has 1 aliphatic rings. The summed E-state index contributed by atoms with van der Waals surface area (Å²) in [6.07, 6.45) is 2.31. The number of para-hydroxylation sites is 1. The molecule has 0 aliphatic heterocycles. The molecule has 1 amide bonds. The van der Waals surface area contributed by atoms with Crippen molar-refractivity contribution in [2.75, 3.05) is 11.1 Å². The maximum absolute atomic E-state index is 12.7. The fourth-order valence-electron chi connectivity index (χ4n) is 3.52. The van der Waals surface area contributed by atoms with Gasteiger partial charge in [0.25, 0.3) is 0 Å². The summed E-state index contributed by atoms with van der Waals surface area (Å²) >= 11 is 1.34. The summed E-state index contributed by atoms with van der Waals surface area (Å²) in [5, 5.41) is 21.3. The zero-order chi connectivity index (χ0) is 22.1. The van der Waals surface area contributed by atoms with Crippen molar-refractivity contribution in [3.05, 3.63) is 71.7 Å². The van der Waals surface area contributed by atoms with Crippen molar-refractivity contribution in [3.63, 3.8) is 0 Å². The highest BCUT2D eigenvalue weighted by molar-refractivity contribution is 7.99. The lowest BCUT2D eigenvalue weighted by Gasteiger charge is -2.08. The molecule has 8 nitrogen and oxygen atoms in total. The van der Waals surface area contributed by atoms with Gasteiger partial charge in [0.05, 0.1) is 22.8 Å². The van der Waals surface area contributed by atoms with Crippen molar-refractivity contribution in [3.8, 4) is 11.5 Å². The van der Waals surface area contributed by atoms with Crippen LogP contribution in [-0.4, -0.2) is 41.4 Å². The maximum atomic E-state index is 12.7. The second kappa shape index (κ2) is 8.58. The summed E-state index contributed by atoms with van der Waals surface area (Å²) in [6, 6.07) is 17.5. The average Bonchev–Trinajstić information content (AvgIpc) is 3.49. The molecule has 0 bridgehead atoms. The first-order valence-corrected chi connectivity index (χ1v) is 11.5. The number of thioether (sulfide) groups is 1. The van der Waals surface area contributed by atoms with E-state index in [9.17, 15) is 4.79 Å². The van der Waals surface area contributed by atoms with E-state index in [1.807, 2.05) is 68.4 Å². The molecule has 3 aromatic heterocycles. The number of nitrogens with one attached hydrogen (secondary N) is 1. The number of benzene rings is 1. The maximum Gasteiger partial charge on any atom is 0.235 e. The number of aryl methyl sites for hydroxylation is 2. The molecule has 162 valence electrons. The third-order valence-electron chi connectivity index (χ3n) is 5.20. The molecule has 0 unspecified atom stereocenters. The van der Waals surface area contributed by atoms with Crippen molar-refractivity contribution in [1.29, 1.82) is 0 Å². The van der Waals surface area contributed by atoms with Crippen LogP contribution in [0.2, 0.25) is 0 Å². The first kappa shape index (κ1) is 20.4. The lowest BCUT2D eigenvalue weighted by atomic mass is 10.3. The van der Waals surface area contributed by atoms with E-state index in [0.29, 0.717) is 22.6 Å². The van der Waals surface area contributed by atoms with Gasteiger partial charge in [-0.05, 0) is 57.0 Å². The molecular formula is C23H23N7OS. The van der Waals surface area contributed by atoms with Gasteiger partial charge < -0.3 is 5.32 Å². The van der Waals surface area contributed by atoms with Crippen LogP contribution in [-0.2, 0) is 4.79 Å². The van der Waals surface area contributed by atoms with Gasteiger partial charge in [-0.15, -0.1) is 10.2 Å². The van der Waals surface area contributed by atoms with Crippen LogP contribution in [0.1, 0.15) is 35.8 Å². The second-order valence-corrected chi connectivity index (χ2v) is 8.88. The van der Waals surface area contributed by atoms with Crippen molar-refractivity contribution in [2.24, 2.45) is 0 Å². The first-order valence-electron chi connectivity index (χ1n) is 10.5. The van der Waals surface area contributed by atoms with Gasteiger partial charge in [-0.1, -0.05) is 30.0 Å². The third kappa shape index (κ3) is 4.43. The van der Waals surface area contributed by atoms with E-state index < -0.39 is 0 Å². The van der Waals surface area contributed by atoms with E-state index in [1.54, 1.807) is 9.36 Å². The Morgan fingerprint density at radius 2 is 1.84 bits per heavy atom. The zero-order valence-corrected chi connectivity index (χ0v) is 18.7. The van der Waals surface area contributed by atoms with Gasteiger partial charge in [0.1, 0.15) is 10.8 Å². The summed E-state index contributed by atoms with van der Waals surface area (Å²) in [5.41, 5.74) is 3.88. The highest BCUT2D eigenvalue weighted by Gasteiger charge is 2.28. The Labute approximate surface area is 190 Å². The van der Waals surface area contributed by atoms with Gasteiger partial charge in [-0.2, -0.15) is 10.2 Å². The number of amides is 1. The number of carbonyl (C=O) groups is 1. The summed E-state index contributed by atoms with van der Waals surface area (Å²) in [4.78, 5) is 12.7. The molecule has 0 spiro atoms. The molecule has 5 rings (SSSR count). The average molecular weight is 446 g/mol. The van der Waals surface area contributed by atoms with Crippen LogP contribution in [0.5, 0.6) is 0 Å². The number of rotatable bonds is 7. The van der Waals surface area contributed by atoms with Gasteiger partial charge in [-0.25, -0.2) is 9.36 Å². The van der Waals surface area contributed by atoms with Gasteiger partial charge in [0, 0.05) is 17.7 Å². The molecule has 9 heteroatoms. The zero-order valence-electron chi connectivity index (χ0n) is 17.9. The molecule has 0 radical (unpaired) electrons. The fourth-order valence-corrected chi connectivity index (χ4v) is 4.13. The van der Waals surface area contributed by atoms with Crippen LogP contribution < -0.4 is 5.32 Å². The van der Waals surface area contributed by atoms with E-state index in [0.717, 1.165) is 35.6 Å². The smallest absolute Gasteiger partial charge is 0.235 e. The minimum absolute atomic E-state index is 0.112. The molecule has 4 aromatic rings. The van der Waals surface area contributed by atoms with Crippen LogP contribution in [0.15, 0.2) is 59.6 Å². The Hall–Kier alpha value is -3.46. The van der Waals surface area contributed by atoms with E-state index in [1.165, 1.54) is 11.8 Å². The number of carbonyl (C=O) groups excluding carboxylic acids is 1. The van der Waals surface area contributed by atoms with Gasteiger partial charge in [0.2, 0.25) is 5.91 Å². The highest BCUT2D eigenvalue weighted by atomic mass is 32.2. The summed E-state index contributed by atoms with van der Waals surface area (Å²) in [5.74, 6) is 1.96. The molecule has 0 saturated heterocycles. The van der Waals surface area contributed by atoms with Crippen LogP contribution in [0.3, 0.4) is 0 Å². The molecule has 1 fully saturated rings. The monoisotopic (exact) mass is 445 g/mol. The Balaban J connectivity index is 1.25. The second-order valence-electron chi connectivity index (χ2n) is 7.88. The Bertz CT molecular complexity index is 1240. The lowest BCUT2D eigenvalue weighted by molar-refractivity contribution is -0.113. The van der Waals surface area contributed by atoms with Crippen molar-refractivity contribution >= 4 is 23.5 Å². The quantitative estimate of drug-likeness (QED) is 0.431. The molecule has 1 N–H and O–H groups in total. The standard InChI is InChI=1S/C23H23N7OS/c1-15-12-16(2)29(27-15)20-10-11-23(26-25-20)32-14-22(31)24-21-13-19(17-8-9-17)28-30(21)18-6-4-3-5-7-18/h3-7,10-13,17H,8-9,14H2,1-2H3,(H,24,31). The molecular weight excluding hydrogens is 422 g/mol. The topological polar surface area (TPSA) is 90.5 Å². The summed E-state index contributed by atoms with van der Waals surface area (Å²) in [6.45, 7) is 3.92. The van der Waals surface area contributed by atoms with Gasteiger partial charge >= 0.3 is 0 Å². The van der Waals surface area contributed by atoms with Crippen LogP contribution in [0.25, 0.3) is 11.5 Å². The van der Waals surface area contributed by atoms with Gasteiger partial charge in [0.15, 0.2) is 5.82 Å². The number of nitrogens with zero attached hydrogens (tertiary/aromatic N) is 6. The van der Waals surface area contributed by atoms with Crippen molar-refractivity contribution in [1.82, 2.24) is 29.8 Å². The molecule has 1 aromatic carbocycles. The van der Waals surface area contributed by atoms with Crippen molar-refractivity contribution in [2.45, 2.75) is 37.6 Å². The van der Waals surface area contributed by atoms with E-state index in [4.69, 9.17) is 5.10 Å². The minimum Gasteiger partial charge on any atom is -0.310 e. The summed E-state index contributed by atoms with van der Waals surface area (Å²) in [7, 11) is 0. The fraction of sp³-hybridized carbons (Fsp3) is 0.261. The predicted octanol–water partition coefficient (Wildman–Crippen LogP) is 4.07. The Morgan fingerprint density at radius 1 is 1.03 bits per heavy atom. The third-order valence-corrected chi connectivity index (χ3v) is 6.12. The van der Waals surface area contributed by atoms with Crippen LogP contribution in [0, 0.1) is 13.8 Å². The Kier molecular flexibility index (Phi) is 5.48. The lowest BCUT2D eigenvalue weighted by Crippen LogP contribution is -2.17. The first-order chi connectivity index (χ1) is 15.6. The molecule has 0 atom stereocenters. The van der Waals surface area contributed by atoms with Crippen molar-refractivity contribution < 1.29 is 4.79 Å². The molecule has 1 aliphatic carbocycles. The summed E-state index contributed by atoms with van der Waals surface area (Å²) < 4.78 is 3.56. The number of hydrogen-bond donors (Lipinski definition) is 1. The van der Waals surface area contributed by atoms with Crippen LogP contribution in [0.4, 0.5) is 5.82 Å². The number of hydrogen-bond acceptors (Lipinski definition) is 6. The molecule has 3 heterocycles. The molecule has 1 saturated carbocycles. The van der Waals surface area contributed by atoms with E-state index >= 15 is 0 Å². The Morgan fingerprint density at radius 3 is 2.50 bits per heavy atom.